The highest BCUT2D eigenvalue weighted by molar-refractivity contribution is 5.94. The zero-order valence-corrected chi connectivity index (χ0v) is 13.3. The van der Waals surface area contributed by atoms with Gasteiger partial charge in [-0.05, 0) is 20.8 Å². The van der Waals surface area contributed by atoms with Gasteiger partial charge in [-0.1, -0.05) is 0 Å². The van der Waals surface area contributed by atoms with Crippen molar-refractivity contribution in [2.45, 2.75) is 45.9 Å². The number of carbonyl (C=O) groups is 1. The van der Waals surface area contributed by atoms with Crippen LogP contribution in [-0.4, -0.2) is 44.4 Å². The third kappa shape index (κ3) is 2.52. The molecule has 2 atom stereocenters. The summed E-state index contributed by atoms with van der Waals surface area (Å²) in [6, 6.07) is 0. The smallest absolute Gasteiger partial charge is 0.274 e. The molecule has 3 rings (SSSR count). The normalized spacial score (nSPS) is 20.7. The lowest BCUT2D eigenvalue weighted by atomic mass is 9.99. The molecule has 22 heavy (non-hydrogen) atoms. The van der Waals surface area contributed by atoms with Gasteiger partial charge in [0.25, 0.3) is 5.91 Å². The van der Waals surface area contributed by atoms with Crippen LogP contribution in [0.4, 0.5) is 0 Å². The zero-order chi connectivity index (χ0) is 15.9. The maximum Gasteiger partial charge on any atom is 0.274 e. The van der Waals surface area contributed by atoms with E-state index in [0.29, 0.717) is 18.7 Å². The summed E-state index contributed by atoms with van der Waals surface area (Å²) in [6.07, 6.45) is 2.48. The number of carbonyl (C=O) groups excluding carboxylic acids is 1. The monoisotopic (exact) mass is 303 g/mol. The summed E-state index contributed by atoms with van der Waals surface area (Å²) in [5, 5.41) is 14.1. The predicted molar refractivity (Wildman–Crippen MR) is 80.4 cm³/mol. The van der Waals surface area contributed by atoms with Crippen LogP contribution in [0.25, 0.3) is 0 Å². The van der Waals surface area contributed by atoms with Gasteiger partial charge >= 0.3 is 0 Å². The first-order valence-electron chi connectivity index (χ1n) is 7.44. The molecule has 0 saturated carbocycles. The van der Waals surface area contributed by atoms with Crippen molar-refractivity contribution < 1.29 is 9.53 Å². The first-order valence-corrected chi connectivity index (χ1v) is 7.44. The van der Waals surface area contributed by atoms with Crippen LogP contribution in [0.1, 0.15) is 53.0 Å². The minimum atomic E-state index is -0.0839. The van der Waals surface area contributed by atoms with Gasteiger partial charge in [-0.25, -0.2) is 0 Å². The summed E-state index contributed by atoms with van der Waals surface area (Å²) in [7, 11) is 1.78. The van der Waals surface area contributed by atoms with E-state index in [1.165, 1.54) is 0 Å². The molecule has 0 bridgehead atoms. The molecule has 3 heterocycles. The van der Waals surface area contributed by atoms with Crippen molar-refractivity contribution in [2.24, 2.45) is 0 Å². The Labute approximate surface area is 129 Å². The summed E-state index contributed by atoms with van der Waals surface area (Å²) in [6.45, 7) is 6.43. The largest absolute Gasteiger partial charge is 0.369 e. The van der Waals surface area contributed by atoms with E-state index in [-0.39, 0.29) is 18.1 Å². The van der Waals surface area contributed by atoms with Crippen molar-refractivity contribution in [2.75, 3.05) is 7.05 Å². The van der Waals surface area contributed by atoms with E-state index < -0.39 is 0 Å². The predicted octanol–water partition coefficient (Wildman–Crippen LogP) is 1.74. The Hall–Kier alpha value is -2.15. The first-order chi connectivity index (χ1) is 10.5. The van der Waals surface area contributed by atoms with E-state index in [0.717, 1.165) is 22.5 Å². The molecule has 1 aliphatic heterocycles. The molecule has 7 nitrogen and oxygen atoms in total. The van der Waals surface area contributed by atoms with E-state index in [4.69, 9.17) is 4.74 Å². The molecule has 1 aliphatic rings. The van der Waals surface area contributed by atoms with Gasteiger partial charge in [-0.15, -0.1) is 0 Å². The van der Waals surface area contributed by atoms with Crippen molar-refractivity contribution in [3.63, 3.8) is 0 Å². The van der Waals surface area contributed by atoms with E-state index in [1.54, 1.807) is 18.1 Å². The van der Waals surface area contributed by atoms with Gasteiger partial charge in [-0.2, -0.15) is 10.2 Å². The molecular weight excluding hydrogens is 282 g/mol. The molecule has 7 heteroatoms. The van der Waals surface area contributed by atoms with Crippen LogP contribution in [0.3, 0.4) is 0 Å². The van der Waals surface area contributed by atoms with Gasteiger partial charge in [-0.3, -0.25) is 15.0 Å². The van der Waals surface area contributed by atoms with Crippen LogP contribution >= 0.6 is 0 Å². The number of nitrogens with one attached hydrogen (secondary N) is 2. The van der Waals surface area contributed by atoms with Crippen LogP contribution < -0.4 is 0 Å². The number of hydrogen-bond acceptors (Lipinski definition) is 4. The first kappa shape index (κ1) is 14.8. The van der Waals surface area contributed by atoms with E-state index >= 15 is 0 Å². The number of fused-ring (bicyclic) bond motifs is 1. The molecule has 0 unspecified atom stereocenters. The minimum absolute atomic E-state index is 0.0609. The standard InChI is InChI=1S/C15H21N5O2/c1-8-5-12-13(10(3)22-8)18-19-14(12)15(21)20(4)7-11-6-16-17-9(11)2/h6,8,10H,5,7H2,1-4H3,(H,16,17)(H,18,19)/t8-,10+/m1/s1. The number of H-pyrrole nitrogens is 2. The fourth-order valence-corrected chi connectivity index (χ4v) is 2.89. The molecule has 0 saturated heterocycles. The SMILES string of the molecule is Cc1[nH]ncc1CN(C)C(=O)c1n[nH]c2c1C[C@@H](C)O[C@H]2C. The Morgan fingerprint density at radius 2 is 2.23 bits per heavy atom. The van der Waals surface area contributed by atoms with Crippen LogP contribution in [0.15, 0.2) is 6.20 Å². The van der Waals surface area contributed by atoms with E-state index in [2.05, 4.69) is 20.4 Å². The Kier molecular flexibility index (Phi) is 3.74. The van der Waals surface area contributed by atoms with Gasteiger partial charge < -0.3 is 9.64 Å². The summed E-state index contributed by atoms with van der Waals surface area (Å²) >= 11 is 0. The summed E-state index contributed by atoms with van der Waals surface area (Å²) in [5.74, 6) is -0.0839. The Morgan fingerprint density at radius 1 is 1.45 bits per heavy atom. The van der Waals surface area contributed by atoms with Crippen molar-refractivity contribution >= 4 is 5.91 Å². The van der Waals surface area contributed by atoms with E-state index in [9.17, 15) is 4.79 Å². The highest BCUT2D eigenvalue weighted by atomic mass is 16.5. The number of aryl methyl sites for hydroxylation is 1. The minimum Gasteiger partial charge on any atom is -0.369 e. The maximum atomic E-state index is 12.7. The summed E-state index contributed by atoms with van der Waals surface area (Å²) in [5.41, 5.74) is 4.37. The molecule has 1 amide bonds. The number of aromatic nitrogens is 4. The fourth-order valence-electron chi connectivity index (χ4n) is 2.89. The quantitative estimate of drug-likeness (QED) is 0.904. The zero-order valence-electron chi connectivity index (χ0n) is 13.3. The Morgan fingerprint density at radius 3 is 2.91 bits per heavy atom. The highest BCUT2D eigenvalue weighted by Gasteiger charge is 2.30. The summed E-state index contributed by atoms with van der Waals surface area (Å²) in [4.78, 5) is 14.4. The topological polar surface area (TPSA) is 86.9 Å². The fraction of sp³-hybridized carbons (Fsp3) is 0.533. The molecule has 0 aliphatic carbocycles. The molecule has 0 spiro atoms. The lowest BCUT2D eigenvalue weighted by Gasteiger charge is -2.25. The molecule has 0 fully saturated rings. The van der Waals surface area contributed by atoms with Crippen LogP contribution in [0, 0.1) is 6.92 Å². The number of hydrogen-bond donors (Lipinski definition) is 2. The van der Waals surface area contributed by atoms with Crippen molar-refractivity contribution in [1.29, 1.82) is 0 Å². The van der Waals surface area contributed by atoms with Crippen LogP contribution in [-0.2, 0) is 17.7 Å². The van der Waals surface area contributed by atoms with Gasteiger partial charge in [0.2, 0.25) is 0 Å². The second kappa shape index (κ2) is 5.57. The number of aromatic amines is 2. The van der Waals surface area contributed by atoms with Crippen molar-refractivity contribution in [1.82, 2.24) is 25.3 Å². The lowest BCUT2D eigenvalue weighted by molar-refractivity contribution is -0.00701. The number of amides is 1. The van der Waals surface area contributed by atoms with Gasteiger partial charge in [0, 0.05) is 36.8 Å². The number of ether oxygens (including phenoxy) is 1. The van der Waals surface area contributed by atoms with Gasteiger partial charge in [0.1, 0.15) is 0 Å². The molecule has 0 radical (unpaired) electrons. The third-order valence-corrected chi connectivity index (χ3v) is 4.12. The Balaban J connectivity index is 1.82. The average Bonchev–Trinajstić information content (AvgIpc) is 3.05. The van der Waals surface area contributed by atoms with Crippen molar-refractivity contribution in [3.05, 3.63) is 34.4 Å². The second-order valence-electron chi connectivity index (χ2n) is 5.94. The van der Waals surface area contributed by atoms with Gasteiger partial charge in [0.15, 0.2) is 5.69 Å². The molecule has 2 aromatic rings. The molecule has 118 valence electrons. The maximum absolute atomic E-state index is 12.7. The van der Waals surface area contributed by atoms with E-state index in [1.807, 2.05) is 20.8 Å². The average molecular weight is 303 g/mol. The van der Waals surface area contributed by atoms with Crippen LogP contribution in [0.5, 0.6) is 0 Å². The number of nitrogens with zero attached hydrogens (tertiary/aromatic N) is 3. The molecule has 2 aromatic heterocycles. The highest BCUT2D eigenvalue weighted by Crippen LogP contribution is 2.30. The lowest BCUT2D eigenvalue weighted by Crippen LogP contribution is -2.29. The molecule has 0 aromatic carbocycles. The van der Waals surface area contributed by atoms with Crippen LogP contribution in [0.2, 0.25) is 0 Å². The Bertz CT molecular complexity index is 690. The summed E-state index contributed by atoms with van der Waals surface area (Å²) < 4.78 is 5.76. The second-order valence-corrected chi connectivity index (χ2v) is 5.94. The third-order valence-electron chi connectivity index (χ3n) is 4.12. The van der Waals surface area contributed by atoms with Crippen molar-refractivity contribution in [3.8, 4) is 0 Å². The number of rotatable bonds is 3. The van der Waals surface area contributed by atoms with Gasteiger partial charge in [0.05, 0.1) is 24.1 Å². The molecular formula is C15H21N5O2. The molecule has 2 N–H and O–H groups in total.